The Morgan fingerprint density at radius 1 is 1.13 bits per heavy atom. The van der Waals surface area contributed by atoms with Gasteiger partial charge >= 0.3 is 0 Å². The average molecular weight is 524 g/mol. The van der Waals surface area contributed by atoms with Crippen LogP contribution < -0.4 is 20.1 Å². The molecule has 1 atom stereocenters. The Morgan fingerprint density at radius 3 is 2.43 bits per heavy atom. The fourth-order valence-corrected chi connectivity index (χ4v) is 2.96. The third-order valence-electron chi connectivity index (χ3n) is 4.59. The smallest absolute Gasteiger partial charge is 0.191 e. The molecule has 2 N–H and O–H groups in total. The summed E-state index contributed by atoms with van der Waals surface area (Å²) in [6.45, 7) is 5.51. The van der Waals surface area contributed by atoms with Gasteiger partial charge in [0.05, 0.1) is 13.2 Å². The number of para-hydroxylation sites is 1. The van der Waals surface area contributed by atoms with Gasteiger partial charge in [-0.25, -0.2) is 0 Å². The average Bonchev–Trinajstić information content (AvgIpc) is 2.75. The maximum Gasteiger partial charge on any atom is 0.191 e. The van der Waals surface area contributed by atoms with Crippen LogP contribution in [-0.2, 0) is 6.54 Å². The lowest BCUT2D eigenvalue weighted by atomic mass is 10.1. The molecular formula is C23H33IN4O2. The topological polar surface area (TPSA) is 58.1 Å². The van der Waals surface area contributed by atoms with Crippen LogP contribution in [0.2, 0.25) is 0 Å². The number of halogens is 1. The molecule has 7 heteroatoms. The predicted molar refractivity (Wildman–Crippen MR) is 135 cm³/mol. The van der Waals surface area contributed by atoms with Gasteiger partial charge in [-0.15, -0.1) is 24.0 Å². The minimum atomic E-state index is 0. The van der Waals surface area contributed by atoms with Gasteiger partial charge in [-0.1, -0.05) is 43.0 Å². The quantitative estimate of drug-likeness (QED) is 0.214. The zero-order valence-corrected chi connectivity index (χ0v) is 20.6. The number of guanidine groups is 1. The highest BCUT2D eigenvalue weighted by Gasteiger charge is 2.15. The number of ether oxygens (including phenoxy) is 2. The van der Waals surface area contributed by atoms with Crippen molar-refractivity contribution < 1.29 is 9.47 Å². The number of likely N-dealkylation sites (N-methyl/N-ethyl adjacent to an activating group) is 1. The summed E-state index contributed by atoms with van der Waals surface area (Å²) in [5.41, 5.74) is 2.28. The van der Waals surface area contributed by atoms with E-state index in [9.17, 15) is 0 Å². The molecule has 2 aromatic rings. The van der Waals surface area contributed by atoms with E-state index < -0.39 is 0 Å². The molecule has 6 nitrogen and oxygen atoms in total. The third-order valence-corrected chi connectivity index (χ3v) is 4.59. The molecule has 0 bridgehead atoms. The first-order valence-electron chi connectivity index (χ1n) is 9.65. The van der Waals surface area contributed by atoms with Crippen molar-refractivity contribution in [2.45, 2.75) is 12.6 Å². The molecule has 0 aliphatic rings. The zero-order valence-electron chi connectivity index (χ0n) is 18.2. The molecular weight excluding hydrogens is 491 g/mol. The van der Waals surface area contributed by atoms with Gasteiger partial charge in [0.2, 0.25) is 0 Å². The molecule has 0 spiro atoms. The Hall–Kier alpha value is -2.26. The first-order valence-corrected chi connectivity index (χ1v) is 9.65. The van der Waals surface area contributed by atoms with Crippen molar-refractivity contribution in [1.29, 1.82) is 0 Å². The second-order valence-electron chi connectivity index (χ2n) is 6.77. The van der Waals surface area contributed by atoms with Crippen LogP contribution in [0.3, 0.4) is 0 Å². The fourth-order valence-electron chi connectivity index (χ4n) is 2.96. The lowest BCUT2D eigenvalue weighted by Gasteiger charge is -2.26. The summed E-state index contributed by atoms with van der Waals surface area (Å²) in [7, 11) is 7.59. The Balaban J connectivity index is 0.00000450. The van der Waals surface area contributed by atoms with Gasteiger partial charge in [0, 0.05) is 25.7 Å². The summed E-state index contributed by atoms with van der Waals surface area (Å²) in [6, 6.07) is 16.3. The summed E-state index contributed by atoms with van der Waals surface area (Å²) in [5.74, 6) is 2.44. The summed E-state index contributed by atoms with van der Waals surface area (Å²) < 4.78 is 11.0. The standard InChI is InChI=1S/C23H32N4O2.HI/c1-6-15-29-22-10-8-7-9-19(22)16-25-23(24-2)26-17-21(27(3)4)18-11-13-20(28-5)14-12-18;/h6-14,21H,1,15-17H2,2-5H3,(H2,24,25,26);1H. The van der Waals surface area contributed by atoms with Crippen LogP contribution in [0.4, 0.5) is 0 Å². The van der Waals surface area contributed by atoms with Gasteiger partial charge in [-0.05, 0) is 37.9 Å². The van der Waals surface area contributed by atoms with Crippen molar-refractivity contribution in [3.63, 3.8) is 0 Å². The number of benzene rings is 2. The van der Waals surface area contributed by atoms with E-state index in [-0.39, 0.29) is 30.0 Å². The van der Waals surface area contributed by atoms with Gasteiger partial charge in [0.1, 0.15) is 18.1 Å². The van der Waals surface area contributed by atoms with Gasteiger partial charge in [0.15, 0.2) is 5.96 Å². The van der Waals surface area contributed by atoms with Crippen LogP contribution in [0.15, 0.2) is 66.2 Å². The summed E-state index contributed by atoms with van der Waals surface area (Å²) in [6.07, 6.45) is 1.74. The molecule has 0 radical (unpaired) electrons. The van der Waals surface area contributed by atoms with E-state index >= 15 is 0 Å². The van der Waals surface area contributed by atoms with Crippen LogP contribution >= 0.6 is 24.0 Å². The molecule has 30 heavy (non-hydrogen) atoms. The lowest BCUT2D eigenvalue weighted by molar-refractivity contribution is 0.298. The molecule has 2 aromatic carbocycles. The summed E-state index contributed by atoms with van der Waals surface area (Å²) >= 11 is 0. The lowest BCUT2D eigenvalue weighted by Crippen LogP contribution is -2.41. The first-order chi connectivity index (χ1) is 14.1. The van der Waals surface area contributed by atoms with Gasteiger partial charge in [0.25, 0.3) is 0 Å². The Bertz CT molecular complexity index is 794. The highest BCUT2D eigenvalue weighted by atomic mass is 127. The van der Waals surface area contributed by atoms with Crippen molar-refractivity contribution in [1.82, 2.24) is 15.5 Å². The Labute approximate surface area is 197 Å². The monoisotopic (exact) mass is 524 g/mol. The van der Waals surface area contributed by atoms with Crippen LogP contribution in [-0.4, -0.2) is 52.3 Å². The first kappa shape index (κ1) is 25.8. The zero-order chi connectivity index (χ0) is 21.1. The molecule has 0 aromatic heterocycles. The van der Waals surface area contributed by atoms with E-state index in [0.717, 1.165) is 23.0 Å². The van der Waals surface area contributed by atoms with Crippen molar-refractivity contribution in [3.05, 3.63) is 72.3 Å². The van der Waals surface area contributed by atoms with Crippen molar-refractivity contribution >= 4 is 29.9 Å². The van der Waals surface area contributed by atoms with E-state index in [2.05, 4.69) is 53.3 Å². The second kappa shape index (κ2) is 13.9. The molecule has 0 saturated carbocycles. The highest BCUT2D eigenvalue weighted by Crippen LogP contribution is 2.21. The minimum absolute atomic E-state index is 0. The third kappa shape index (κ3) is 7.87. The Kier molecular flexibility index (Phi) is 11.9. The molecule has 0 saturated heterocycles. The molecule has 0 fully saturated rings. The number of nitrogens with one attached hydrogen (secondary N) is 2. The molecule has 0 amide bonds. The largest absolute Gasteiger partial charge is 0.497 e. The van der Waals surface area contributed by atoms with E-state index in [1.807, 2.05) is 36.4 Å². The van der Waals surface area contributed by atoms with Crippen LogP contribution in [0, 0.1) is 0 Å². The maximum atomic E-state index is 5.72. The van der Waals surface area contributed by atoms with E-state index in [0.29, 0.717) is 19.7 Å². The van der Waals surface area contributed by atoms with Gasteiger partial charge < -0.3 is 25.0 Å². The van der Waals surface area contributed by atoms with Crippen molar-refractivity contribution in [2.24, 2.45) is 4.99 Å². The molecule has 1 unspecified atom stereocenters. The number of methoxy groups -OCH3 is 1. The highest BCUT2D eigenvalue weighted by molar-refractivity contribution is 14.0. The summed E-state index contributed by atoms with van der Waals surface area (Å²) in [4.78, 5) is 6.53. The molecule has 0 aliphatic carbocycles. The van der Waals surface area contributed by atoms with Crippen LogP contribution in [0.5, 0.6) is 11.5 Å². The second-order valence-corrected chi connectivity index (χ2v) is 6.77. The van der Waals surface area contributed by atoms with Gasteiger partial charge in [-0.3, -0.25) is 4.99 Å². The van der Waals surface area contributed by atoms with Gasteiger partial charge in [-0.2, -0.15) is 0 Å². The molecule has 2 rings (SSSR count). The minimum Gasteiger partial charge on any atom is -0.497 e. The van der Waals surface area contributed by atoms with E-state index in [1.165, 1.54) is 5.56 Å². The van der Waals surface area contributed by atoms with Crippen molar-refractivity contribution in [3.8, 4) is 11.5 Å². The fraction of sp³-hybridized carbons (Fsp3) is 0.348. The SMILES string of the molecule is C=CCOc1ccccc1CNC(=NC)NCC(c1ccc(OC)cc1)N(C)C.I. The maximum absolute atomic E-state index is 5.72. The summed E-state index contributed by atoms with van der Waals surface area (Å²) in [5, 5.41) is 6.78. The number of hydrogen-bond donors (Lipinski definition) is 2. The number of aliphatic imine (C=N–C) groups is 1. The molecule has 0 aliphatic heterocycles. The number of nitrogens with zero attached hydrogens (tertiary/aromatic N) is 2. The number of rotatable bonds is 10. The molecule has 164 valence electrons. The molecule has 0 heterocycles. The predicted octanol–water partition coefficient (Wildman–Crippen LogP) is 3.85. The Morgan fingerprint density at radius 2 is 1.83 bits per heavy atom. The number of hydrogen-bond acceptors (Lipinski definition) is 4. The van der Waals surface area contributed by atoms with Crippen LogP contribution in [0.25, 0.3) is 0 Å². The normalized spacial score (nSPS) is 12.0. The van der Waals surface area contributed by atoms with Crippen LogP contribution in [0.1, 0.15) is 17.2 Å². The van der Waals surface area contributed by atoms with Crippen molar-refractivity contribution in [2.75, 3.05) is 41.4 Å². The van der Waals surface area contributed by atoms with E-state index in [1.54, 1.807) is 20.2 Å². The van der Waals surface area contributed by atoms with E-state index in [4.69, 9.17) is 9.47 Å².